The van der Waals surface area contributed by atoms with E-state index in [1.165, 1.54) is 5.56 Å². The van der Waals surface area contributed by atoms with Crippen LogP contribution in [0.2, 0.25) is 0 Å². The molecule has 1 N–H and O–H groups in total. The first kappa shape index (κ1) is 13.1. The topological polar surface area (TPSA) is 37.8 Å². The third-order valence-electron chi connectivity index (χ3n) is 3.19. The first-order chi connectivity index (χ1) is 9.74. The van der Waals surface area contributed by atoms with E-state index < -0.39 is 0 Å². The van der Waals surface area contributed by atoms with E-state index in [9.17, 15) is 0 Å². The lowest BCUT2D eigenvalue weighted by Crippen LogP contribution is -2.01. The van der Waals surface area contributed by atoms with Gasteiger partial charge >= 0.3 is 0 Å². The van der Waals surface area contributed by atoms with Gasteiger partial charge in [0.15, 0.2) is 0 Å². The number of anilines is 1. The fourth-order valence-corrected chi connectivity index (χ4v) is 2.56. The molecule has 0 spiro atoms. The molecule has 0 aliphatic carbocycles. The van der Waals surface area contributed by atoms with Crippen LogP contribution >= 0.6 is 15.9 Å². The number of rotatable bonds is 3. The Kier molecular flexibility index (Phi) is 3.65. The maximum absolute atomic E-state index is 4.48. The van der Waals surface area contributed by atoms with Gasteiger partial charge in [-0.15, -0.1) is 0 Å². The van der Waals surface area contributed by atoms with Crippen molar-refractivity contribution in [3.63, 3.8) is 0 Å². The summed E-state index contributed by atoms with van der Waals surface area (Å²) in [6, 6.07) is 12.2. The lowest BCUT2D eigenvalue weighted by molar-refractivity contribution is 1.12. The summed E-state index contributed by atoms with van der Waals surface area (Å²) < 4.78 is 1.07. The number of aryl methyl sites for hydroxylation is 1. The number of nitrogens with one attached hydrogen (secondary N) is 1. The second-order valence-electron chi connectivity index (χ2n) is 4.65. The molecule has 3 nitrogen and oxygen atoms in total. The molecule has 2 aromatic heterocycles. The largest absolute Gasteiger partial charge is 0.380 e. The predicted octanol–water partition coefficient (Wildman–Crippen LogP) is 4.31. The summed E-state index contributed by atoms with van der Waals surface area (Å²) in [5.41, 5.74) is 4.23. The lowest BCUT2D eigenvalue weighted by atomic mass is 10.1. The van der Waals surface area contributed by atoms with Gasteiger partial charge in [0.05, 0.1) is 17.4 Å². The van der Waals surface area contributed by atoms with Crippen LogP contribution in [0.5, 0.6) is 0 Å². The summed E-state index contributed by atoms with van der Waals surface area (Å²) >= 11 is 3.56. The molecule has 1 aromatic carbocycles. The zero-order valence-corrected chi connectivity index (χ0v) is 12.7. The standard InChI is InChI=1S/C16H14BrN3/c1-11-4-6-13(10-19-11)20-9-12-5-7-15(17)14-3-2-8-18-16(12)14/h2-8,10,20H,9H2,1H3. The maximum Gasteiger partial charge on any atom is 0.0763 e. The van der Waals surface area contributed by atoms with Crippen LogP contribution in [0.3, 0.4) is 0 Å². The zero-order valence-electron chi connectivity index (χ0n) is 11.1. The highest BCUT2D eigenvalue weighted by atomic mass is 79.9. The highest BCUT2D eigenvalue weighted by molar-refractivity contribution is 9.10. The molecule has 0 fully saturated rings. The van der Waals surface area contributed by atoms with Crippen molar-refractivity contribution in [3.05, 3.63) is 64.5 Å². The van der Waals surface area contributed by atoms with E-state index in [4.69, 9.17) is 0 Å². The Labute approximate surface area is 126 Å². The highest BCUT2D eigenvalue weighted by Gasteiger charge is 2.05. The highest BCUT2D eigenvalue weighted by Crippen LogP contribution is 2.25. The van der Waals surface area contributed by atoms with Crippen molar-refractivity contribution in [2.75, 3.05) is 5.32 Å². The van der Waals surface area contributed by atoms with Crippen molar-refractivity contribution in [2.45, 2.75) is 13.5 Å². The van der Waals surface area contributed by atoms with Crippen LogP contribution in [0.1, 0.15) is 11.3 Å². The monoisotopic (exact) mass is 327 g/mol. The van der Waals surface area contributed by atoms with Crippen molar-refractivity contribution in [1.82, 2.24) is 9.97 Å². The quantitative estimate of drug-likeness (QED) is 0.778. The Morgan fingerprint density at radius 3 is 2.80 bits per heavy atom. The van der Waals surface area contributed by atoms with Gasteiger partial charge in [-0.3, -0.25) is 9.97 Å². The van der Waals surface area contributed by atoms with Gasteiger partial charge < -0.3 is 5.32 Å². The van der Waals surface area contributed by atoms with Crippen LogP contribution in [-0.2, 0) is 6.54 Å². The third-order valence-corrected chi connectivity index (χ3v) is 3.89. The lowest BCUT2D eigenvalue weighted by Gasteiger charge is -2.09. The smallest absolute Gasteiger partial charge is 0.0763 e. The second-order valence-corrected chi connectivity index (χ2v) is 5.50. The molecular weight excluding hydrogens is 314 g/mol. The number of halogens is 1. The van der Waals surface area contributed by atoms with Gasteiger partial charge in [-0.05, 0) is 36.8 Å². The molecule has 0 bridgehead atoms. The van der Waals surface area contributed by atoms with Crippen LogP contribution in [0.15, 0.2) is 53.3 Å². The van der Waals surface area contributed by atoms with E-state index in [1.807, 2.05) is 37.5 Å². The first-order valence-corrected chi connectivity index (χ1v) is 7.22. The molecule has 0 aliphatic heterocycles. The average Bonchev–Trinajstić information content (AvgIpc) is 2.49. The first-order valence-electron chi connectivity index (χ1n) is 6.43. The van der Waals surface area contributed by atoms with E-state index in [0.29, 0.717) is 0 Å². The van der Waals surface area contributed by atoms with Crippen molar-refractivity contribution in [2.24, 2.45) is 0 Å². The number of pyridine rings is 2. The van der Waals surface area contributed by atoms with Crippen LogP contribution in [-0.4, -0.2) is 9.97 Å². The molecule has 4 heteroatoms. The zero-order chi connectivity index (χ0) is 13.9. The Hall–Kier alpha value is -1.94. The fourth-order valence-electron chi connectivity index (χ4n) is 2.11. The molecule has 3 aromatic rings. The molecule has 0 saturated heterocycles. The number of aromatic nitrogens is 2. The second kappa shape index (κ2) is 5.59. The van der Waals surface area contributed by atoms with E-state index in [-0.39, 0.29) is 0 Å². The fraction of sp³-hybridized carbons (Fsp3) is 0.125. The summed E-state index contributed by atoms with van der Waals surface area (Å²) in [4.78, 5) is 8.76. The summed E-state index contributed by atoms with van der Waals surface area (Å²) in [6.07, 6.45) is 3.68. The predicted molar refractivity (Wildman–Crippen MR) is 85.7 cm³/mol. The van der Waals surface area contributed by atoms with Crippen molar-refractivity contribution in [3.8, 4) is 0 Å². The molecule has 20 heavy (non-hydrogen) atoms. The number of benzene rings is 1. The Morgan fingerprint density at radius 2 is 2.00 bits per heavy atom. The molecule has 0 amide bonds. The Bertz CT molecular complexity index is 738. The van der Waals surface area contributed by atoms with E-state index in [0.717, 1.165) is 33.3 Å². The molecular formula is C16H14BrN3. The van der Waals surface area contributed by atoms with Gasteiger partial charge in [-0.1, -0.05) is 28.1 Å². The Morgan fingerprint density at radius 1 is 1.10 bits per heavy atom. The molecule has 100 valence electrons. The molecule has 0 saturated carbocycles. The van der Waals surface area contributed by atoms with Gasteiger partial charge in [-0.25, -0.2) is 0 Å². The van der Waals surface area contributed by atoms with Crippen LogP contribution in [0, 0.1) is 6.92 Å². The van der Waals surface area contributed by atoms with Gasteiger partial charge in [0.25, 0.3) is 0 Å². The summed E-state index contributed by atoms with van der Waals surface area (Å²) in [7, 11) is 0. The number of nitrogens with zero attached hydrogens (tertiary/aromatic N) is 2. The van der Waals surface area contributed by atoms with Gasteiger partial charge in [0.1, 0.15) is 0 Å². The van der Waals surface area contributed by atoms with Gasteiger partial charge in [0, 0.05) is 28.3 Å². The number of fused-ring (bicyclic) bond motifs is 1. The van der Waals surface area contributed by atoms with Crippen molar-refractivity contribution < 1.29 is 0 Å². The van der Waals surface area contributed by atoms with Crippen molar-refractivity contribution >= 4 is 32.5 Å². The van der Waals surface area contributed by atoms with Gasteiger partial charge in [-0.2, -0.15) is 0 Å². The third kappa shape index (κ3) is 2.65. The van der Waals surface area contributed by atoms with Crippen LogP contribution in [0.4, 0.5) is 5.69 Å². The average molecular weight is 328 g/mol. The van der Waals surface area contributed by atoms with E-state index in [1.54, 1.807) is 0 Å². The molecule has 2 heterocycles. The molecule has 0 unspecified atom stereocenters. The maximum atomic E-state index is 4.48. The normalized spacial score (nSPS) is 10.7. The molecule has 0 atom stereocenters. The van der Waals surface area contributed by atoms with Crippen LogP contribution in [0.25, 0.3) is 10.9 Å². The minimum atomic E-state index is 0.728. The van der Waals surface area contributed by atoms with Gasteiger partial charge in [0.2, 0.25) is 0 Å². The summed E-state index contributed by atoms with van der Waals surface area (Å²) in [6.45, 7) is 2.71. The molecule has 0 aliphatic rings. The summed E-state index contributed by atoms with van der Waals surface area (Å²) in [5, 5.41) is 4.52. The number of hydrogen-bond donors (Lipinski definition) is 1. The van der Waals surface area contributed by atoms with E-state index in [2.05, 4.69) is 49.4 Å². The molecule has 0 radical (unpaired) electrons. The molecule has 3 rings (SSSR count). The van der Waals surface area contributed by atoms with E-state index >= 15 is 0 Å². The number of hydrogen-bond acceptors (Lipinski definition) is 3. The van der Waals surface area contributed by atoms with Crippen molar-refractivity contribution in [1.29, 1.82) is 0 Å². The minimum Gasteiger partial charge on any atom is -0.380 e. The van der Waals surface area contributed by atoms with Crippen LogP contribution < -0.4 is 5.32 Å². The summed E-state index contributed by atoms with van der Waals surface area (Å²) in [5.74, 6) is 0. The SMILES string of the molecule is Cc1ccc(NCc2ccc(Br)c3cccnc23)cn1. The Balaban J connectivity index is 1.88. The minimum absolute atomic E-state index is 0.728.